The van der Waals surface area contributed by atoms with Gasteiger partial charge < -0.3 is 15.4 Å². The molecule has 6 heteroatoms. The molecule has 3 aromatic rings. The maximum atomic E-state index is 12.5. The van der Waals surface area contributed by atoms with Crippen LogP contribution in [-0.2, 0) is 0 Å². The smallest absolute Gasteiger partial charge is 0.269 e. The SMILES string of the molecule is CCCNC(=O)c1cc(C(=O)Nc2ccc(Oc3ccccc3)cc2)ccn1. The highest BCUT2D eigenvalue weighted by molar-refractivity contribution is 6.05. The summed E-state index contributed by atoms with van der Waals surface area (Å²) in [6.45, 7) is 2.53. The minimum absolute atomic E-state index is 0.215. The fourth-order valence-corrected chi connectivity index (χ4v) is 2.46. The summed E-state index contributed by atoms with van der Waals surface area (Å²) >= 11 is 0. The van der Waals surface area contributed by atoms with Crippen LogP contribution < -0.4 is 15.4 Å². The highest BCUT2D eigenvalue weighted by Gasteiger charge is 2.12. The number of hydrogen-bond acceptors (Lipinski definition) is 4. The van der Waals surface area contributed by atoms with Gasteiger partial charge in [0.1, 0.15) is 17.2 Å². The van der Waals surface area contributed by atoms with Crippen molar-refractivity contribution in [1.29, 1.82) is 0 Å². The van der Waals surface area contributed by atoms with Crippen molar-refractivity contribution in [3.63, 3.8) is 0 Å². The molecule has 0 aliphatic carbocycles. The Hall–Kier alpha value is -3.67. The number of para-hydroxylation sites is 1. The fraction of sp³-hybridized carbons (Fsp3) is 0.136. The van der Waals surface area contributed by atoms with Crippen molar-refractivity contribution < 1.29 is 14.3 Å². The largest absolute Gasteiger partial charge is 0.457 e. The van der Waals surface area contributed by atoms with Crippen LogP contribution in [0.3, 0.4) is 0 Å². The van der Waals surface area contributed by atoms with Crippen LogP contribution in [0, 0.1) is 0 Å². The highest BCUT2D eigenvalue weighted by atomic mass is 16.5. The number of rotatable bonds is 7. The van der Waals surface area contributed by atoms with Gasteiger partial charge in [0.2, 0.25) is 0 Å². The lowest BCUT2D eigenvalue weighted by molar-refractivity contribution is 0.0948. The van der Waals surface area contributed by atoms with Gasteiger partial charge in [-0.05, 0) is 55.0 Å². The predicted molar refractivity (Wildman–Crippen MR) is 108 cm³/mol. The number of pyridine rings is 1. The van der Waals surface area contributed by atoms with E-state index in [0.29, 0.717) is 23.5 Å². The van der Waals surface area contributed by atoms with Crippen molar-refractivity contribution in [3.8, 4) is 11.5 Å². The summed E-state index contributed by atoms with van der Waals surface area (Å²) in [6.07, 6.45) is 2.28. The van der Waals surface area contributed by atoms with E-state index in [1.807, 2.05) is 37.3 Å². The zero-order valence-electron chi connectivity index (χ0n) is 15.5. The summed E-state index contributed by atoms with van der Waals surface area (Å²) < 4.78 is 5.73. The van der Waals surface area contributed by atoms with E-state index in [-0.39, 0.29) is 17.5 Å². The monoisotopic (exact) mass is 375 g/mol. The van der Waals surface area contributed by atoms with Crippen molar-refractivity contribution in [2.24, 2.45) is 0 Å². The van der Waals surface area contributed by atoms with Crippen LogP contribution in [0.1, 0.15) is 34.2 Å². The first-order valence-corrected chi connectivity index (χ1v) is 9.04. The Morgan fingerprint density at radius 3 is 2.36 bits per heavy atom. The van der Waals surface area contributed by atoms with Gasteiger partial charge in [-0.2, -0.15) is 0 Å². The van der Waals surface area contributed by atoms with Crippen LogP contribution in [0.25, 0.3) is 0 Å². The Morgan fingerprint density at radius 2 is 1.64 bits per heavy atom. The number of hydrogen-bond donors (Lipinski definition) is 2. The standard InChI is InChI=1S/C22H21N3O3/c1-2-13-24-22(27)20-15-16(12-14-23-20)21(26)25-17-8-10-19(11-9-17)28-18-6-4-3-5-7-18/h3-12,14-15H,2,13H2,1H3,(H,24,27)(H,25,26). The Balaban J connectivity index is 1.63. The van der Waals surface area contributed by atoms with E-state index in [4.69, 9.17) is 4.74 Å². The molecule has 142 valence electrons. The molecule has 2 N–H and O–H groups in total. The normalized spacial score (nSPS) is 10.2. The van der Waals surface area contributed by atoms with Gasteiger partial charge in [0.25, 0.3) is 11.8 Å². The molecule has 0 saturated heterocycles. The molecular weight excluding hydrogens is 354 g/mol. The van der Waals surface area contributed by atoms with Gasteiger partial charge in [-0.3, -0.25) is 14.6 Å². The van der Waals surface area contributed by atoms with Crippen LogP contribution in [0.4, 0.5) is 5.69 Å². The number of amides is 2. The van der Waals surface area contributed by atoms with Gasteiger partial charge in [-0.15, -0.1) is 0 Å². The molecule has 1 heterocycles. The summed E-state index contributed by atoms with van der Waals surface area (Å²) in [5.41, 5.74) is 1.20. The van der Waals surface area contributed by atoms with Crippen molar-refractivity contribution in [1.82, 2.24) is 10.3 Å². The van der Waals surface area contributed by atoms with E-state index in [2.05, 4.69) is 15.6 Å². The predicted octanol–water partition coefficient (Wildman–Crippen LogP) is 4.27. The molecule has 0 atom stereocenters. The molecule has 0 spiro atoms. The summed E-state index contributed by atoms with van der Waals surface area (Å²) in [5, 5.41) is 5.55. The molecule has 0 saturated carbocycles. The van der Waals surface area contributed by atoms with Crippen LogP contribution in [0.2, 0.25) is 0 Å². The zero-order chi connectivity index (χ0) is 19.8. The summed E-state index contributed by atoms with van der Waals surface area (Å²) in [7, 11) is 0. The molecule has 6 nitrogen and oxygen atoms in total. The first-order valence-electron chi connectivity index (χ1n) is 9.04. The maximum absolute atomic E-state index is 12.5. The molecular formula is C22H21N3O3. The van der Waals surface area contributed by atoms with E-state index < -0.39 is 0 Å². The Labute approximate surface area is 163 Å². The van der Waals surface area contributed by atoms with E-state index in [1.54, 1.807) is 30.3 Å². The molecule has 0 aliphatic rings. The van der Waals surface area contributed by atoms with E-state index in [1.165, 1.54) is 12.3 Å². The van der Waals surface area contributed by atoms with Crippen molar-refractivity contribution in [3.05, 3.63) is 84.2 Å². The zero-order valence-corrected chi connectivity index (χ0v) is 15.5. The number of aromatic nitrogens is 1. The average molecular weight is 375 g/mol. The Kier molecular flexibility index (Phi) is 6.36. The fourth-order valence-electron chi connectivity index (χ4n) is 2.46. The number of carbonyl (C=O) groups is 2. The first-order chi connectivity index (χ1) is 13.7. The third kappa shape index (κ3) is 5.17. The van der Waals surface area contributed by atoms with E-state index in [0.717, 1.165) is 12.2 Å². The van der Waals surface area contributed by atoms with Crippen molar-refractivity contribution in [2.45, 2.75) is 13.3 Å². The van der Waals surface area contributed by atoms with E-state index >= 15 is 0 Å². The number of nitrogens with one attached hydrogen (secondary N) is 2. The van der Waals surface area contributed by atoms with Gasteiger partial charge in [-0.25, -0.2) is 0 Å². The molecule has 2 amide bonds. The van der Waals surface area contributed by atoms with Gasteiger partial charge in [0.15, 0.2) is 0 Å². The molecule has 0 radical (unpaired) electrons. The molecule has 0 bridgehead atoms. The average Bonchev–Trinajstić information content (AvgIpc) is 2.74. The third-order valence-electron chi connectivity index (χ3n) is 3.88. The molecule has 0 aliphatic heterocycles. The molecule has 3 rings (SSSR count). The summed E-state index contributed by atoms with van der Waals surface area (Å²) in [6, 6.07) is 19.6. The quantitative estimate of drug-likeness (QED) is 0.646. The lowest BCUT2D eigenvalue weighted by Crippen LogP contribution is -2.25. The van der Waals surface area contributed by atoms with Gasteiger partial charge >= 0.3 is 0 Å². The number of carbonyl (C=O) groups excluding carboxylic acids is 2. The number of ether oxygens (including phenoxy) is 1. The van der Waals surface area contributed by atoms with Crippen molar-refractivity contribution in [2.75, 3.05) is 11.9 Å². The van der Waals surface area contributed by atoms with Crippen LogP contribution in [0.15, 0.2) is 72.9 Å². The second-order valence-electron chi connectivity index (χ2n) is 6.08. The molecule has 1 aromatic heterocycles. The second kappa shape index (κ2) is 9.32. The van der Waals surface area contributed by atoms with E-state index in [9.17, 15) is 9.59 Å². The molecule has 0 unspecified atom stereocenters. The molecule has 0 fully saturated rings. The number of anilines is 1. The molecule has 28 heavy (non-hydrogen) atoms. The van der Waals surface area contributed by atoms with Gasteiger partial charge in [-0.1, -0.05) is 25.1 Å². The third-order valence-corrected chi connectivity index (χ3v) is 3.88. The van der Waals surface area contributed by atoms with Gasteiger partial charge in [0.05, 0.1) is 0 Å². The van der Waals surface area contributed by atoms with Crippen LogP contribution in [0.5, 0.6) is 11.5 Å². The van der Waals surface area contributed by atoms with Gasteiger partial charge in [0, 0.05) is 24.0 Å². The second-order valence-corrected chi connectivity index (χ2v) is 6.08. The highest BCUT2D eigenvalue weighted by Crippen LogP contribution is 2.22. The minimum atomic E-state index is -0.316. The Bertz CT molecular complexity index is 941. The molecule has 2 aromatic carbocycles. The van der Waals surface area contributed by atoms with Crippen LogP contribution in [-0.4, -0.2) is 23.3 Å². The lowest BCUT2D eigenvalue weighted by atomic mass is 10.2. The topological polar surface area (TPSA) is 80.3 Å². The number of benzene rings is 2. The first kappa shape index (κ1) is 19.1. The van der Waals surface area contributed by atoms with Crippen molar-refractivity contribution >= 4 is 17.5 Å². The van der Waals surface area contributed by atoms with Crippen LogP contribution >= 0.6 is 0 Å². The minimum Gasteiger partial charge on any atom is -0.457 e. The maximum Gasteiger partial charge on any atom is 0.269 e. The lowest BCUT2D eigenvalue weighted by Gasteiger charge is -2.09. The summed E-state index contributed by atoms with van der Waals surface area (Å²) in [4.78, 5) is 28.5. The summed E-state index contributed by atoms with van der Waals surface area (Å²) in [5.74, 6) is 0.801. The Morgan fingerprint density at radius 1 is 0.929 bits per heavy atom. The number of nitrogens with zero attached hydrogens (tertiary/aromatic N) is 1.